The molecule has 0 heterocycles. The number of ether oxygens (including phenoxy) is 1. The van der Waals surface area contributed by atoms with Crippen molar-refractivity contribution in [1.82, 2.24) is 10.2 Å². The lowest BCUT2D eigenvalue weighted by atomic mass is 10.1. The van der Waals surface area contributed by atoms with Crippen LogP contribution < -0.4 is 5.32 Å². The number of hydrogen-bond donors (Lipinski definition) is 2. The third-order valence-electron chi connectivity index (χ3n) is 3.53. The molecule has 0 aromatic heterocycles. The number of carbonyl (C=O) groups excluding carboxylic acids is 3. The number of aromatic hydroxyl groups is 1. The Morgan fingerprint density at radius 3 is 2.58 bits per heavy atom. The number of phenolic OH excluding ortho intramolecular Hbond substituents is 1. The zero-order valence-corrected chi connectivity index (χ0v) is 13.4. The van der Waals surface area contributed by atoms with E-state index in [1.54, 1.807) is 24.3 Å². The number of likely N-dealkylation sites (N-methyl/N-ethyl adjacent to an activating group) is 2. The molecule has 0 saturated carbocycles. The first-order chi connectivity index (χ1) is 11.4. The van der Waals surface area contributed by atoms with Crippen molar-refractivity contribution in [3.8, 4) is 5.75 Å². The molecule has 0 fully saturated rings. The van der Waals surface area contributed by atoms with Crippen LogP contribution in [-0.2, 0) is 14.3 Å². The van der Waals surface area contributed by atoms with Crippen molar-refractivity contribution in [3.05, 3.63) is 42.0 Å². The fraction of sp³-hybridized carbons (Fsp3) is 0.235. The minimum absolute atomic E-state index is 0.0181. The van der Waals surface area contributed by atoms with Gasteiger partial charge in [-0.25, -0.2) is 4.79 Å². The molecule has 0 aliphatic carbocycles. The van der Waals surface area contributed by atoms with Crippen LogP contribution in [0.4, 0.5) is 0 Å². The Labute approximate surface area is 138 Å². The molecule has 0 aliphatic heterocycles. The van der Waals surface area contributed by atoms with E-state index in [1.807, 2.05) is 6.07 Å². The second-order valence-electron chi connectivity index (χ2n) is 5.18. The second kappa shape index (κ2) is 7.45. The predicted molar refractivity (Wildman–Crippen MR) is 87.6 cm³/mol. The fourth-order valence-electron chi connectivity index (χ4n) is 2.12. The maximum atomic E-state index is 12.1. The molecular formula is C17H18N2O5. The number of esters is 1. The highest BCUT2D eigenvalue weighted by molar-refractivity contribution is 6.01. The van der Waals surface area contributed by atoms with E-state index in [9.17, 15) is 19.5 Å². The van der Waals surface area contributed by atoms with Crippen LogP contribution in [0.3, 0.4) is 0 Å². The largest absolute Gasteiger partial charge is 0.506 e. The van der Waals surface area contributed by atoms with Crippen LogP contribution in [0, 0.1) is 0 Å². The topological polar surface area (TPSA) is 95.9 Å². The fourth-order valence-corrected chi connectivity index (χ4v) is 2.12. The molecule has 24 heavy (non-hydrogen) atoms. The first-order valence-electron chi connectivity index (χ1n) is 7.26. The highest BCUT2D eigenvalue weighted by atomic mass is 16.5. The van der Waals surface area contributed by atoms with Gasteiger partial charge in [0.05, 0.1) is 6.54 Å². The summed E-state index contributed by atoms with van der Waals surface area (Å²) < 4.78 is 4.93. The number of nitrogens with zero attached hydrogens (tertiary/aromatic N) is 1. The summed E-state index contributed by atoms with van der Waals surface area (Å²) >= 11 is 0. The molecule has 0 saturated heterocycles. The van der Waals surface area contributed by atoms with Gasteiger partial charge in [-0.1, -0.05) is 30.3 Å². The van der Waals surface area contributed by atoms with Crippen LogP contribution in [-0.4, -0.2) is 55.0 Å². The number of amides is 2. The van der Waals surface area contributed by atoms with E-state index in [4.69, 9.17) is 4.74 Å². The summed E-state index contributed by atoms with van der Waals surface area (Å²) in [6.07, 6.45) is 0. The van der Waals surface area contributed by atoms with E-state index in [1.165, 1.54) is 20.2 Å². The highest BCUT2D eigenvalue weighted by Gasteiger charge is 2.18. The third kappa shape index (κ3) is 3.81. The number of phenols is 1. The van der Waals surface area contributed by atoms with Gasteiger partial charge in [0.1, 0.15) is 11.3 Å². The van der Waals surface area contributed by atoms with Gasteiger partial charge in [0.15, 0.2) is 6.61 Å². The van der Waals surface area contributed by atoms with Crippen molar-refractivity contribution in [1.29, 1.82) is 0 Å². The van der Waals surface area contributed by atoms with Crippen LogP contribution in [0.15, 0.2) is 36.4 Å². The molecule has 2 rings (SSSR count). The van der Waals surface area contributed by atoms with Gasteiger partial charge >= 0.3 is 5.97 Å². The van der Waals surface area contributed by atoms with Crippen molar-refractivity contribution < 1.29 is 24.2 Å². The summed E-state index contributed by atoms with van der Waals surface area (Å²) in [5, 5.41) is 13.9. The Kier molecular flexibility index (Phi) is 5.36. The first-order valence-corrected chi connectivity index (χ1v) is 7.26. The van der Waals surface area contributed by atoms with Crippen molar-refractivity contribution in [2.45, 2.75) is 0 Å². The standard InChI is InChI=1S/C17H18N2O5/c1-18-14(20)9-19(2)15(21)10-24-17(23)13-8-7-11-5-3-4-6-12(11)16(13)22/h3-8,22H,9-10H2,1-2H3,(H,18,20). The minimum atomic E-state index is -0.806. The molecule has 0 radical (unpaired) electrons. The predicted octanol–water partition coefficient (Wildman–Crippen LogP) is 0.907. The van der Waals surface area contributed by atoms with Gasteiger partial charge < -0.3 is 20.1 Å². The summed E-state index contributed by atoms with van der Waals surface area (Å²) in [5.74, 6) is -1.85. The molecule has 7 nitrogen and oxygen atoms in total. The zero-order valence-electron chi connectivity index (χ0n) is 13.4. The van der Waals surface area contributed by atoms with Gasteiger partial charge in [-0.15, -0.1) is 0 Å². The summed E-state index contributed by atoms with van der Waals surface area (Å²) in [5.41, 5.74) is -0.0181. The van der Waals surface area contributed by atoms with E-state index < -0.39 is 18.5 Å². The molecule has 126 valence electrons. The molecule has 0 unspecified atom stereocenters. The molecule has 0 spiro atoms. The number of hydrogen-bond acceptors (Lipinski definition) is 5. The van der Waals surface area contributed by atoms with Crippen molar-refractivity contribution in [3.63, 3.8) is 0 Å². The third-order valence-corrected chi connectivity index (χ3v) is 3.53. The van der Waals surface area contributed by atoms with Crippen LogP contribution in [0.25, 0.3) is 10.8 Å². The monoisotopic (exact) mass is 330 g/mol. The zero-order chi connectivity index (χ0) is 17.7. The van der Waals surface area contributed by atoms with Gasteiger partial charge in [-0.2, -0.15) is 0 Å². The molecule has 0 aliphatic rings. The molecule has 2 aromatic carbocycles. The Balaban J connectivity index is 2.04. The van der Waals surface area contributed by atoms with Gasteiger partial charge in [-0.3, -0.25) is 9.59 Å². The Bertz CT molecular complexity index is 788. The summed E-state index contributed by atoms with van der Waals surface area (Å²) in [6.45, 7) is -0.646. The van der Waals surface area contributed by atoms with Crippen LogP contribution in [0.1, 0.15) is 10.4 Å². The second-order valence-corrected chi connectivity index (χ2v) is 5.18. The normalized spacial score (nSPS) is 10.2. The number of fused-ring (bicyclic) bond motifs is 1. The van der Waals surface area contributed by atoms with Crippen LogP contribution in [0.2, 0.25) is 0 Å². The molecule has 0 atom stereocenters. The molecule has 2 aromatic rings. The molecule has 2 amide bonds. The van der Waals surface area contributed by atoms with E-state index in [-0.39, 0.29) is 23.8 Å². The lowest BCUT2D eigenvalue weighted by Gasteiger charge is -2.16. The Morgan fingerprint density at radius 1 is 1.17 bits per heavy atom. The highest BCUT2D eigenvalue weighted by Crippen LogP contribution is 2.28. The lowest BCUT2D eigenvalue weighted by Crippen LogP contribution is -2.39. The van der Waals surface area contributed by atoms with E-state index in [0.29, 0.717) is 5.39 Å². The van der Waals surface area contributed by atoms with Crippen molar-refractivity contribution in [2.75, 3.05) is 27.2 Å². The number of nitrogens with one attached hydrogen (secondary N) is 1. The number of rotatable bonds is 5. The van der Waals surface area contributed by atoms with E-state index >= 15 is 0 Å². The van der Waals surface area contributed by atoms with Gasteiger partial charge in [0.25, 0.3) is 5.91 Å². The maximum absolute atomic E-state index is 12.1. The van der Waals surface area contributed by atoms with Crippen LogP contribution >= 0.6 is 0 Å². The summed E-state index contributed by atoms with van der Waals surface area (Å²) in [7, 11) is 2.89. The quantitative estimate of drug-likeness (QED) is 0.794. The SMILES string of the molecule is CNC(=O)CN(C)C(=O)COC(=O)c1ccc2ccccc2c1O. The van der Waals surface area contributed by atoms with Crippen molar-refractivity contribution >= 4 is 28.6 Å². The van der Waals surface area contributed by atoms with Crippen molar-refractivity contribution in [2.24, 2.45) is 0 Å². The first kappa shape index (κ1) is 17.3. The Hall–Kier alpha value is -3.09. The van der Waals surface area contributed by atoms with Gasteiger partial charge in [0.2, 0.25) is 5.91 Å². The average Bonchev–Trinajstić information content (AvgIpc) is 2.59. The number of carbonyl (C=O) groups is 3. The molecule has 0 bridgehead atoms. The van der Waals surface area contributed by atoms with E-state index in [2.05, 4.69) is 5.32 Å². The average molecular weight is 330 g/mol. The smallest absolute Gasteiger partial charge is 0.342 e. The van der Waals surface area contributed by atoms with E-state index in [0.717, 1.165) is 10.3 Å². The minimum Gasteiger partial charge on any atom is -0.506 e. The van der Waals surface area contributed by atoms with Gasteiger partial charge in [-0.05, 0) is 11.5 Å². The van der Waals surface area contributed by atoms with Crippen LogP contribution in [0.5, 0.6) is 5.75 Å². The summed E-state index contributed by atoms with van der Waals surface area (Å²) in [4.78, 5) is 36.3. The molecule has 2 N–H and O–H groups in total. The van der Waals surface area contributed by atoms with Gasteiger partial charge in [0, 0.05) is 19.5 Å². The Morgan fingerprint density at radius 2 is 1.88 bits per heavy atom. The molecular weight excluding hydrogens is 312 g/mol. The molecule has 7 heteroatoms. The maximum Gasteiger partial charge on any atom is 0.342 e. The lowest BCUT2D eigenvalue weighted by molar-refractivity contribution is -0.137. The summed E-state index contributed by atoms with van der Waals surface area (Å²) in [6, 6.07) is 10.2. The number of benzene rings is 2.